The quantitative estimate of drug-likeness (QED) is 0.538. The first-order valence-corrected chi connectivity index (χ1v) is 8.46. The fourth-order valence-corrected chi connectivity index (χ4v) is 2.76. The molecule has 0 aliphatic carbocycles. The number of carbonyl (C=O) groups is 1. The van der Waals surface area contributed by atoms with Gasteiger partial charge in [-0.25, -0.2) is 9.82 Å². The number of halogens is 1. The first-order valence-electron chi connectivity index (χ1n) is 8.46. The van der Waals surface area contributed by atoms with Crippen LogP contribution in [-0.2, 0) is 10.4 Å². The van der Waals surface area contributed by atoms with Crippen LogP contribution in [0.5, 0.6) is 0 Å². The van der Waals surface area contributed by atoms with Gasteiger partial charge in [-0.15, -0.1) is 0 Å². The zero-order valence-corrected chi connectivity index (χ0v) is 14.8. The van der Waals surface area contributed by atoms with E-state index in [1.807, 2.05) is 12.1 Å². The number of nitrogens with one attached hydrogen (secondary N) is 1. The van der Waals surface area contributed by atoms with Gasteiger partial charge in [0.05, 0.1) is 5.71 Å². The molecule has 4 nitrogen and oxygen atoms in total. The molecule has 0 spiro atoms. The van der Waals surface area contributed by atoms with Crippen LogP contribution in [0.4, 0.5) is 4.39 Å². The standard InChI is InChI=1S/C22H19FN2O2/c1-16(17-12-14-20(23)15-13-17)24-25-21(26)22(27,18-8-4-2-5-9-18)19-10-6-3-7-11-19/h2-15,27H,1H3,(H,25,26)/b24-16+. The summed E-state index contributed by atoms with van der Waals surface area (Å²) in [5.74, 6) is -1.03. The van der Waals surface area contributed by atoms with Gasteiger partial charge in [-0.3, -0.25) is 4.79 Å². The van der Waals surface area contributed by atoms with Crippen molar-refractivity contribution in [2.24, 2.45) is 5.10 Å². The molecule has 0 saturated carbocycles. The molecule has 1 amide bonds. The van der Waals surface area contributed by atoms with Crippen molar-refractivity contribution in [1.29, 1.82) is 0 Å². The summed E-state index contributed by atoms with van der Waals surface area (Å²) < 4.78 is 13.1. The third kappa shape index (κ3) is 3.93. The molecule has 0 bridgehead atoms. The summed E-state index contributed by atoms with van der Waals surface area (Å²) in [6.45, 7) is 1.69. The van der Waals surface area contributed by atoms with Gasteiger partial charge in [-0.05, 0) is 35.7 Å². The monoisotopic (exact) mass is 362 g/mol. The Bertz CT molecular complexity index is 900. The van der Waals surface area contributed by atoms with Crippen LogP contribution in [0.1, 0.15) is 23.6 Å². The Morgan fingerprint density at radius 1 is 0.889 bits per heavy atom. The summed E-state index contributed by atoms with van der Waals surface area (Å²) in [5, 5.41) is 15.4. The third-order valence-corrected chi connectivity index (χ3v) is 4.30. The van der Waals surface area contributed by atoms with E-state index in [2.05, 4.69) is 10.5 Å². The molecule has 3 rings (SSSR count). The van der Waals surface area contributed by atoms with Crippen LogP contribution in [-0.4, -0.2) is 16.7 Å². The molecular formula is C22H19FN2O2. The smallest absolute Gasteiger partial charge is 0.281 e. The first kappa shape index (κ1) is 18.5. The van der Waals surface area contributed by atoms with Crippen LogP contribution in [0.3, 0.4) is 0 Å². The molecule has 0 fully saturated rings. The third-order valence-electron chi connectivity index (χ3n) is 4.30. The van der Waals surface area contributed by atoms with Gasteiger partial charge in [0.2, 0.25) is 0 Å². The number of hydrazone groups is 1. The number of benzene rings is 3. The van der Waals surface area contributed by atoms with Gasteiger partial charge in [0.25, 0.3) is 5.91 Å². The Balaban J connectivity index is 1.92. The molecule has 3 aromatic rings. The van der Waals surface area contributed by atoms with E-state index in [9.17, 15) is 14.3 Å². The average molecular weight is 362 g/mol. The average Bonchev–Trinajstić information content (AvgIpc) is 2.73. The molecule has 0 radical (unpaired) electrons. The molecule has 136 valence electrons. The van der Waals surface area contributed by atoms with Crippen molar-refractivity contribution in [3.8, 4) is 0 Å². The van der Waals surface area contributed by atoms with Gasteiger partial charge in [0, 0.05) is 0 Å². The molecule has 5 heteroatoms. The largest absolute Gasteiger partial charge is 0.372 e. The van der Waals surface area contributed by atoms with E-state index in [1.54, 1.807) is 67.6 Å². The normalized spacial score (nSPS) is 11.9. The Labute approximate surface area is 157 Å². The number of amides is 1. The molecule has 27 heavy (non-hydrogen) atoms. The zero-order valence-electron chi connectivity index (χ0n) is 14.8. The Morgan fingerprint density at radius 2 is 1.37 bits per heavy atom. The molecule has 3 aromatic carbocycles. The van der Waals surface area contributed by atoms with Gasteiger partial charge in [0.15, 0.2) is 5.60 Å². The van der Waals surface area contributed by atoms with Gasteiger partial charge in [0.1, 0.15) is 5.82 Å². The van der Waals surface area contributed by atoms with Crippen molar-refractivity contribution < 1.29 is 14.3 Å². The Morgan fingerprint density at radius 3 is 1.85 bits per heavy atom. The Hall–Kier alpha value is -3.31. The van der Waals surface area contributed by atoms with Crippen LogP contribution in [0.2, 0.25) is 0 Å². The highest BCUT2D eigenvalue weighted by Gasteiger charge is 2.39. The maximum Gasteiger partial charge on any atom is 0.281 e. The fraction of sp³-hybridized carbons (Fsp3) is 0.0909. The van der Waals surface area contributed by atoms with Crippen LogP contribution in [0.25, 0.3) is 0 Å². The van der Waals surface area contributed by atoms with Crippen LogP contribution >= 0.6 is 0 Å². The molecule has 0 heterocycles. The minimum absolute atomic E-state index is 0.349. The number of carbonyl (C=O) groups excluding carboxylic acids is 1. The molecule has 0 aliphatic rings. The number of hydrogen-bond donors (Lipinski definition) is 2. The highest BCUT2D eigenvalue weighted by molar-refractivity contribution is 6.00. The van der Waals surface area contributed by atoms with Crippen LogP contribution in [0, 0.1) is 5.82 Å². The highest BCUT2D eigenvalue weighted by atomic mass is 19.1. The van der Waals surface area contributed by atoms with Crippen molar-refractivity contribution in [1.82, 2.24) is 5.43 Å². The first-order chi connectivity index (χ1) is 13.0. The van der Waals surface area contributed by atoms with Crippen molar-refractivity contribution in [3.05, 3.63) is 107 Å². The SMILES string of the molecule is C/C(=N\NC(=O)C(O)(c1ccccc1)c1ccccc1)c1ccc(F)cc1. The summed E-state index contributed by atoms with van der Waals surface area (Å²) in [6, 6.07) is 23.1. The maximum absolute atomic E-state index is 13.1. The predicted molar refractivity (Wildman–Crippen MR) is 103 cm³/mol. The van der Waals surface area contributed by atoms with Gasteiger partial charge in [-0.1, -0.05) is 72.8 Å². The molecule has 0 atom stereocenters. The molecule has 2 N–H and O–H groups in total. The molecule has 0 saturated heterocycles. The molecule has 0 aromatic heterocycles. The lowest BCUT2D eigenvalue weighted by Gasteiger charge is -2.27. The lowest BCUT2D eigenvalue weighted by molar-refractivity contribution is -0.136. The van der Waals surface area contributed by atoms with E-state index in [-0.39, 0.29) is 5.82 Å². The number of aliphatic hydroxyl groups is 1. The summed E-state index contributed by atoms with van der Waals surface area (Å²) in [5.41, 5.74) is 2.57. The summed E-state index contributed by atoms with van der Waals surface area (Å²) in [7, 11) is 0. The van der Waals surface area contributed by atoms with E-state index in [4.69, 9.17) is 0 Å². The number of rotatable bonds is 5. The van der Waals surface area contributed by atoms with Crippen molar-refractivity contribution in [3.63, 3.8) is 0 Å². The minimum atomic E-state index is -1.89. The fourth-order valence-electron chi connectivity index (χ4n) is 2.76. The second-order valence-corrected chi connectivity index (χ2v) is 6.09. The second kappa shape index (κ2) is 7.93. The molecular weight excluding hydrogens is 343 g/mol. The van der Waals surface area contributed by atoms with E-state index >= 15 is 0 Å². The minimum Gasteiger partial charge on any atom is -0.372 e. The molecule has 0 aliphatic heterocycles. The van der Waals surface area contributed by atoms with Crippen molar-refractivity contribution >= 4 is 11.6 Å². The van der Waals surface area contributed by atoms with Crippen molar-refractivity contribution in [2.45, 2.75) is 12.5 Å². The van der Waals surface area contributed by atoms with Gasteiger partial charge in [-0.2, -0.15) is 5.10 Å². The van der Waals surface area contributed by atoms with E-state index in [0.717, 1.165) is 0 Å². The van der Waals surface area contributed by atoms with Gasteiger partial charge < -0.3 is 5.11 Å². The van der Waals surface area contributed by atoms with E-state index in [0.29, 0.717) is 22.4 Å². The van der Waals surface area contributed by atoms with Crippen LogP contribution in [0.15, 0.2) is 90.0 Å². The Kier molecular flexibility index (Phi) is 5.43. The second-order valence-electron chi connectivity index (χ2n) is 6.09. The van der Waals surface area contributed by atoms with Crippen molar-refractivity contribution in [2.75, 3.05) is 0 Å². The topological polar surface area (TPSA) is 61.7 Å². The van der Waals surface area contributed by atoms with E-state index < -0.39 is 11.5 Å². The summed E-state index contributed by atoms with van der Waals surface area (Å²) >= 11 is 0. The maximum atomic E-state index is 13.1. The van der Waals surface area contributed by atoms with Gasteiger partial charge >= 0.3 is 0 Å². The summed E-state index contributed by atoms with van der Waals surface area (Å²) in [4.78, 5) is 12.9. The lowest BCUT2D eigenvalue weighted by atomic mass is 9.85. The predicted octanol–water partition coefficient (Wildman–Crippen LogP) is 3.60. The number of hydrogen-bond acceptors (Lipinski definition) is 3. The summed E-state index contributed by atoms with van der Waals surface area (Å²) in [6.07, 6.45) is 0. The zero-order chi connectivity index (χ0) is 19.3. The lowest BCUT2D eigenvalue weighted by Crippen LogP contribution is -2.43. The van der Waals surface area contributed by atoms with E-state index in [1.165, 1.54) is 12.1 Å². The molecule has 0 unspecified atom stereocenters. The highest BCUT2D eigenvalue weighted by Crippen LogP contribution is 2.29. The number of nitrogens with zero attached hydrogens (tertiary/aromatic N) is 1. The van der Waals surface area contributed by atoms with Crippen LogP contribution < -0.4 is 5.43 Å².